The lowest BCUT2D eigenvalue weighted by atomic mass is 10.1. The summed E-state index contributed by atoms with van der Waals surface area (Å²) in [6.07, 6.45) is 3.25. The number of halogens is 1. The molecule has 0 bridgehead atoms. The number of aryl methyl sites for hydroxylation is 1. The number of hydrogen-bond donors (Lipinski definition) is 0. The molecule has 2 nitrogen and oxygen atoms in total. The summed E-state index contributed by atoms with van der Waals surface area (Å²) in [7, 11) is 0. The van der Waals surface area contributed by atoms with Gasteiger partial charge in [-0.1, -0.05) is 30.3 Å². The monoisotopic (exact) mass is 377 g/mol. The van der Waals surface area contributed by atoms with Crippen LogP contribution >= 0.6 is 11.3 Å². The van der Waals surface area contributed by atoms with Crippen LogP contribution in [-0.2, 0) is 6.42 Å². The summed E-state index contributed by atoms with van der Waals surface area (Å²) >= 11 is 1.60. The minimum absolute atomic E-state index is 0. The van der Waals surface area contributed by atoms with Crippen molar-refractivity contribution in [3.8, 4) is 0 Å². The van der Waals surface area contributed by atoms with Crippen LogP contribution in [0.4, 0.5) is 0 Å². The number of thiophene rings is 1. The third-order valence-electron chi connectivity index (χ3n) is 3.94. The Morgan fingerprint density at radius 1 is 1.18 bits per heavy atom. The molecule has 2 heterocycles. The fourth-order valence-corrected chi connectivity index (χ4v) is 3.65. The molecule has 1 aromatic carbocycles. The molecule has 1 aliphatic heterocycles. The second kappa shape index (κ2) is 7.84. The lowest BCUT2D eigenvalue weighted by molar-refractivity contribution is -0.507. The minimum atomic E-state index is 0. The molecule has 1 aromatic heterocycles. The quantitative estimate of drug-likeness (QED) is 0.555. The van der Waals surface area contributed by atoms with E-state index in [9.17, 15) is 4.79 Å². The van der Waals surface area contributed by atoms with Crippen molar-refractivity contribution in [2.24, 2.45) is 0 Å². The zero-order chi connectivity index (χ0) is 14.7. The first-order chi connectivity index (χ1) is 10.2. The van der Waals surface area contributed by atoms with Gasteiger partial charge in [-0.05, 0) is 24.6 Å². The van der Waals surface area contributed by atoms with Crippen LogP contribution in [0, 0.1) is 6.92 Å². The van der Waals surface area contributed by atoms with E-state index in [-0.39, 0.29) is 22.8 Å². The summed E-state index contributed by atoms with van der Waals surface area (Å²) in [6.45, 7) is 3.59. The molecule has 22 heavy (non-hydrogen) atoms. The molecule has 0 unspecified atom stereocenters. The SMILES string of the molecule is Cc1ccc(C(=O)C[N+]2=C(Cc3ccccc3)CCC2)s1.[Br-]. The van der Waals surface area contributed by atoms with E-state index in [2.05, 4.69) is 28.8 Å². The fourth-order valence-electron chi connectivity index (χ4n) is 2.85. The number of hydrogen-bond acceptors (Lipinski definition) is 2. The van der Waals surface area contributed by atoms with E-state index < -0.39 is 0 Å². The lowest BCUT2D eigenvalue weighted by Gasteiger charge is -2.02. The molecular weight excluding hydrogens is 358 g/mol. The van der Waals surface area contributed by atoms with E-state index in [1.807, 2.05) is 25.1 Å². The average molecular weight is 378 g/mol. The van der Waals surface area contributed by atoms with Crippen molar-refractivity contribution in [3.05, 3.63) is 57.8 Å². The van der Waals surface area contributed by atoms with Crippen LogP contribution < -0.4 is 17.0 Å². The van der Waals surface area contributed by atoms with Gasteiger partial charge in [-0.15, -0.1) is 11.3 Å². The Morgan fingerprint density at radius 2 is 1.95 bits per heavy atom. The van der Waals surface area contributed by atoms with Gasteiger partial charge in [0, 0.05) is 17.7 Å². The smallest absolute Gasteiger partial charge is 0.236 e. The van der Waals surface area contributed by atoms with Gasteiger partial charge in [0.1, 0.15) is 6.54 Å². The number of rotatable bonds is 5. The molecule has 0 saturated heterocycles. The molecule has 2 aromatic rings. The summed E-state index contributed by atoms with van der Waals surface area (Å²) < 4.78 is 2.28. The average Bonchev–Trinajstić information content (AvgIpc) is 3.10. The molecule has 4 heteroatoms. The highest BCUT2D eigenvalue weighted by Crippen LogP contribution is 2.17. The van der Waals surface area contributed by atoms with Crippen LogP contribution in [0.1, 0.15) is 33.0 Å². The molecule has 1 aliphatic rings. The summed E-state index contributed by atoms with van der Waals surface area (Å²) in [6, 6.07) is 14.5. The molecule has 0 N–H and O–H groups in total. The molecule has 0 fully saturated rings. The van der Waals surface area contributed by atoms with Gasteiger partial charge in [-0.3, -0.25) is 4.79 Å². The summed E-state index contributed by atoms with van der Waals surface area (Å²) in [5.41, 5.74) is 2.74. The Morgan fingerprint density at radius 3 is 2.64 bits per heavy atom. The van der Waals surface area contributed by atoms with E-state index in [1.54, 1.807) is 11.3 Å². The van der Waals surface area contributed by atoms with Crippen LogP contribution in [0.3, 0.4) is 0 Å². The highest BCUT2D eigenvalue weighted by molar-refractivity contribution is 7.14. The second-order valence-electron chi connectivity index (χ2n) is 5.59. The first-order valence-corrected chi connectivity index (χ1v) is 8.27. The number of carbonyl (C=O) groups is 1. The molecule has 3 rings (SSSR count). The second-order valence-corrected chi connectivity index (χ2v) is 6.88. The number of carbonyl (C=O) groups excluding carboxylic acids is 1. The van der Waals surface area contributed by atoms with Gasteiger partial charge in [-0.2, -0.15) is 0 Å². The lowest BCUT2D eigenvalue weighted by Crippen LogP contribution is -3.00. The Hall–Kier alpha value is -1.26. The number of benzene rings is 1. The normalized spacial score (nSPS) is 14.0. The third-order valence-corrected chi connectivity index (χ3v) is 4.98. The maximum absolute atomic E-state index is 12.4. The van der Waals surface area contributed by atoms with Crippen molar-refractivity contribution in [1.29, 1.82) is 0 Å². The fraction of sp³-hybridized carbons (Fsp3) is 0.333. The van der Waals surface area contributed by atoms with E-state index in [0.29, 0.717) is 6.54 Å². The van der Waals surface area contributed by atoms with Gasteiger partial charge in [0.25, 0.3) is 0 Å². The Bertz CT molecular complexity index is 675. The molecular formula is C18H20BrNOS. The van der Waals surface area contributed by atoms with Gasteiger partial charge in [0.05, 0.1) is 11.3 Å². The zero-order valence-corrected chi connectivity index (χ0v) is 15.1. The summed E-state index contributed by atoms with van der Waals surface area (Å²) in [5, 5.41) is 0. The first-order valence-electron chi connectivity index (χ1n) is 7.45. The summed E-state index contributed by atoms with van der Waals surface area (Å²) in [4.78, 5) is 14.5. The minimum Gasteiger partial charge on any atom is -1.00 e. The van der Waals surface area contributed by atoms with Crippen LogP contribution in [0.25, 0.3) is 0 Å². The molecule has 0 atom stereocenters. The largest absolute Gasteiger partial charge is 1.00 e. The maximum Gasteiger partial charge on any atom is 0.236 e. The first kappa shape index (κ1) is 17.1. The van der Waals surface area contributed by atoms with Crippen molar-refractivity contribution in [3.63, 3.8) is 0 Å². The Labute approximate surface area is 146 Å². The van der Waals surface area contributed by atoms with E-state index >= 15 is 0 Å². The van der Waals surface area contributed by atoms with Crippen molar-refractivity contribution >= 4 is 22.8 Å². The highest BCUT2D eigenvalue weighted by atomic mass is 79.9. The molecule has 0 aliphatic carbocycles. The topological polar surface area (TPSA) is 20.1 Å². The van der Waals surface area contributed by atoms with Gasteiger partial charge < -0.3 is 17.0 Å². The van der Waals surface area contributed by atoms with Gasteiger partial charge in [0.15, 0.2) is 5.71 Å². The van der Waals surface area contributed by atoms with Gasteiger partial charge in [0.2, 0.25) is 12.3 Å². The van der Waals surface area contributed by atoms with Crippen LogP contribution in [0.5, 0.6) is 0 Å². The van der Waals surface area contributed by atoms with E-state index in [1.165, 1.54) is 22.6 Å². The number of ketones is 1. The van der Waals surface area contributed by atoms with E-state index in [4.69, 9.17) is 0 Å². The summed E-state index contributed by atoms with van der Waals surface area (Å²) in [5.74, 6) is 0.251. The number of Topliss-reactive ketones (excluding diaryl/α,β-unsaturated/α-hetero) is 1. The highest BCUT2D eigenvalue weighted by Gasteiger charge is 2.25. The van der Waals surface area contributed by atoms with Crippen molar-refractivity contribution in [1.82, 2.24) is 0 Å². The van der Waals surface area contributed by atoms with Crippen LogP contribution in [-0.4, -0.2) is 29.2 Å². The Balaban J connectivity index is 0.00000176. The molecule has 0 radical (unpaired) electrons. The third kappa shape index (κ3) is 4.14. The van der Waals surface area contributed by atoms with Crippen molar-refractivity contribution in [2.45, 2.75) is 26.2 Å². The Kier molecular flexibility index (Phi) is 6.09. The van der Waals surface area contributed by atoms with Crippen molar-refractivity contribution < 1.29 is 26.4 Å². The van der Waals surface area contributed by atoms with Crippen LogP contribution in [0.2, 0.25) is 0 Å². The molecule has 0 amide bonds. The van der Waals surface area contributed by atoms with Gasteiger partial charge >= 0.3 is 0 Å². The van der Waals surface area contributed by atoms with Gasteiger partial charge in [-0.25, -0.2) is 4.58 Å². The number of nitrogens with zero attached hydrogens (tertiary/aromatic N) is 1. The predicted molar refractivity (Wildman–Crippen MR) is 87.8 cm³/mol. The molecule has 0 saturated carbocycles. The van der Waals surface area contributed by atoms with E-state index in [0.717, 1.165) is 24.3 Å². The standard InChI is InChI=1S/C18H20NOS.BrH/c1-14-9-10-18(21-14)17(20)13-19-11-5-8-16(19)12-15-6-3-2-4-7-15;/h2-4,6-7,9-10H,5,8,11-13H2,1H3;1H/q+1;/p-1. The van der Waals surface area contributed by atoms with Crippen LogP contribution in [0.15, 0.2) is 42.5 Å². The maximum atomic E-state index is 12.4. The molecule has 116 valence electrons. The molecule has 0 spiro atoms. The van der Waals surface area contributed by atoms with Crippen molar-refractivity contribution in [2.75, 3.05) is 13.1 Å². The predicted octanol–water partition coefficient (Wildman–Crippen LogP) is 0.733. The zero-order valence-electron chi connectivity index (χ0n) is 12.7.